The van der Waals surface area contributed by atoms with Crippen molar-refractivity contribution in [3.8, 4) is 0 Å². The van der Waals surface area contributed by atoms with Crippen LogP contribution in [0.5, 0.6) is 0 Å². The molecule has 0 aromatic carbocycles. The van der Waals surface area contributed by atoms with Crippen LogP contribution in [0.2, 0.25) is 0 Å². The highest BCUT2D eigenvalue weighted by atomic mass is 32.1. The summed E-state index contributed by atoms with van der Waals surface area (Å²) >= 11 is 1.46. The average Bonchev–Trinajstić information content (AvgIpc) is 3.05. The van der Waals surface area contributed by atoms with Gasteiger partial charge in [0.1, 0.15) is 5.82 Å². The van der Waals surface area contributed by atoms with E-state index in [0.717, 1.165) is 23.5 Å². The molecule has 0 atom stereocenters. The third-order valence-corrected chi connectivity index (χ3v) is 4.49. The lowest BCUT2D eigenvalue weighted by Crippen LogP contribution is -2.23. The Balaban J connectivity index is 1.70. The van der Waals surface area contributed by atoms with Crippen LogP contribution in [0, 0.1) is 0 Å². The number of rotatable bonds is 3. The number of imidazole rings is 1. The zero-order valence-electron chi connectivity index (χ0n) is 11.0. The van der Waals surface area contributed by atoms with Crippen molar-refractivity contribution in [2.24, 2.45) is 7.05 Å². The number of nitrogens with zero attached hydrogens (tertiary/aromatic N) is 2. The molecule has 2 heterocycles. The van der Waals surface area contributed by atoms with Crippen LogP contribution in [-0.2, 0) is 26.4 Å². The first-order valence-corrected chi connectivity index (χ1v) is 7.48. The maximum Gasteiger partial charge on any atom is 0.261 e. The zero-order chi connectivity index (χ0) is 13.2. The van der Waals surface area contributed by atoms with E-state index in [1.807, 2.05) is 24.6 Å². The molecule has 0 saturated carbocycles. The summed E-state index contributed by atoms with van der Waals surface area (Å²) in [6.45, 7) is 0.500. The first kappa shape index (κ1) is 12.4. The number of carbonyl (C=O) groups is 1. The molecule has 1 aliphatic carbocycles. The van der Waals surface area contributed by atoms with Gasteiger partial charge in [-0.1, -0.05) is 6.07 Å². The summed E-state index contributed by atoms with van der Waals surface area (Å²) < 4.78 is 2.14. The van der Waals surface area contributed by atoms with Gasteiger partial charge in [0.2, 0.25) is 0 Å². The molecule has 0 unspecified atom stereocenters. The summed E-state index contributed by atoms with van der Waals surface area (Å²) in [6, 6.07) is 3.72. The molecule has 1 amide bonds. The lowest BCUT2D eigenvalue weighted by Gasteiger charge is -2.11. The molecule has 19 heavy (non-hydrogen) atoms. The van der Waals surface area contributed by atoms with Gasteiger partial charge in [-0.3, -0.25) is 4.79 Å². The number of amides is 1. The van der Waals surface area contributed by atoms with Gasteiger partial charge in [0.25, 0.3) is 5.91 Å². The van der Waals surface area contributed by atoms with Gasteiger partial charge in [-0.05, 0) is 37.1 Å². The van der Waals surface area contributed by atoms with Crippen molar-refractivity contribution >= 4 is 17.2 Å². The van der Waals surface area contributed by atoms with E-state index >= 15 is 0 Å². The minimum atomic E-state index is -0.0176. The molecule has 2 aromatic rings. The highest BCUT2D eigenvalue weighted by molar-refractivity contribution is 7.12. The largest absolute Gasteiger partial charge is 0.344 e. The fourth-order valence-electron chi connectivity index (χ4n) is 2.55. The van der Waals surface area contributed by atoms with Crippen LogP contribution in [0.1, 0.15) is 39.7 Å². The number of aromatic nitrogens is 2. The van der Waals surface area contributed by atoms with Gasteiger partial charge in [-0.15, -0.1) is 11.3 Å². The molecular formula is C14H17N3OS. The minimum Gasteiger partial charge on any atom is -0.344 e. The van der Waals surface area contributed by atoms with Crippen LogP contribution in [0.4, 0.5) is 0 Å². The molecule has 0 fully saturated rings. The second-order valence-corrected chi connectivity index (χ2v) is 5.80. The quantitative estimate of drug-likeness (QED) is 0.934. The molecule has 3 rings (SSSR count). The summed E-state index contributed by atoms with van der Waals surface area (Å²) in [5, 5.41) is 4.85. The van der Waals surface area contributed by atoms with Crippen molar-refractivity contribution in [1.29, 1.82) is 0 Å². The van der Waals surface area contributed by atoms with E-state index in [1.54, 1.807) is 0 Å². The van der Waals surface area contributed by atoms with Gasteiger partial charge in [-0.2, -0.15) is 0 Å². The van der Waals surface area contributed by atoms with E-state index in [1.165, 1.54) is 35.6 Å². The van der Waals surface area contributed by atoms with Gasteiger partial charge in [0.15, 0.2) is 0 Å². The van der Waals surface area contributed by atoms with Crippen LogP contribution in [0.3, 0.4) is 0 Å². The van der Waals surface area contributed by atoms with E-state index in [0.29, 0.717) is 6.54 Å². The highest BCUT2D eigenvalue weighted by Gasteiger charge is 2.18. The molecule has 100 valence electrons. The second-order valence-electron chi connectivity index (χ2n) is 4.85. The normalized spacial score (nSPS) is 14.2. The predicted octanol–water partition coefficient (Wildman–Crippen LogP) is 2.29. The van der Waals surface area contributed by atoms with E-state index in [-0.39, 0.29) is 5.91 Å². The lowest BCUT2D eigenvalue weighted by atomic mass is 10.0. The molecule has 0 radical (unpaired) electrons. The Labute approximate surface area is 116 Å². The number of hydrogen-bond donors (Lipinski definition) is 1. The Morgan fingerprint density at radius 2 is 2.32 bits per heavy atom. The Hall–Kier alpha value is -1.62. The summed E-state index contributed by atoms with van der Waals surface area (Å²) in [5.41, 5.74) is 2.56. The number of hydrogen-bond acceptors (Lipinski definition) is 3. The van der Waals surface area contributed by atoms with Gasteiger partial charge in [-0.25, -0.2) is 4.98 Å². The topological polar surface area (TPSA) is 46.9 Å². The molecule has 0 bridgehead atoms. The fraction of sp³-hybridized carbons (Fsp3) is 0.429. The smallest absolute Gasteiger partial charge is 0.261 e. The second kappa shape index (κ2) is 5.17. The van der Waals surface area contributed by atoms with Crippen molar-refractivity contribution in [2.75, 3.05) is 0 Å². The van der Waals surface area contributed by atoms with Crippen LogP contribution < -0.4 is 5.32 Å². The van der Waals surface area contributed by atoms with E-state index < -0.39 is 0 Å². The van der Waals surface area contributed by atoms with Crippen molar-refractivity contribution in [3.05, 3.63) is 39.6 Å². The van der Waals surface area contributed by atoms with E-state index in [4.69, 9.17) is 0 Å². The molecule has 0 spiro atoms. The molecule has 1 N–H and O–H groups in total. The molecule has 0 saturated heterocycles. The Kier molecular flexibility index (Phi) is 3.38. The zero-order valence-corrected chi connectivity index (χ0v) is 11.8. The third kappa shape index (κ3) is 2.42. The summed E-state index contributed by atoms with van der Waals surface area (Å²) in [4.78, 5) is 17.3. The van der Waals surface area contributed by atoms with Crippen molar-refractivity contribution < 1.29 is 4.79 Å². The molecule has 1 aliphatic rings. The average molecular weight is 275 g/mol. The summed E-state index contributed by atoms with van der Waals surface area (Å²) in [7, 11) is 2.05. The monoisotopic (exact) mass is 275 g/mol. The maximum absolute atomic E-state index is 11.9. The molecule has 2 aromatic heterocycles. The van der Waals surface area contributed by atoms with Gasteiger partial charge >= 0.3 is 0 Å². The number of nitrogens with one attached hydrogen (secondary N) is 1. The predicted molar refractivity (Wildman–Crippen MR) is 75.3 cm³/mol. The third-order valence-electron chi connectivity index (χ3n) is 3.62. The maximum atomic E-state index is 11.9. The minimum absolute atomic E-state index is 0.0176. The lowest BCUT2D eigenvalue weighted by molar-refractivity contribution is 0.0953. The van der Waals surface area contributed by atoms with Crippen LogP contribution in [0.25, 0.3) is 0 Å². The molecular weight excluding hydrogens is 258 g/mol. The standard InChI is InChI=1S/C14H17N3OS/c1-17-11-6-3-2-5-10(11)16-13(17)9-15-14(18)12-7-4-8-19-12/h4,7-8H,2-3,5-6,9H2,1H3,(H,15,18). The Morgan fingerprint density at radius 3 is 3.05 bits per heavy atom. The number of aryl methyl sites for hydroxylation is 1. The van der Waals surface area contributed by atoms with Crippen LogP contribution in [0.15, 0.2) is 17.5 Å². The first-order valence-electron chi connectivity index (χ1n) is 6.61. The van der Waals surface area contributed by atoms with Gasteiger partial charge in [0.05, 0.1) is 17.1 Å². The molecule has 5 heteroatoms. The molecule has 0 aliphatic heterocycles. The Bertz CT molecular complexity index is 586. The van der Waals surface area contributed by atoms with Crippen molar-refractivity contribution in [2.45, 2.75) is 32.2 Å². The van der Waals surface area contributed by atoms with E-state index in [9.17, 15) is 4.79 Å². The van der Waals surface area contributed by atoms with Gasteiger partial charge < -0.3 is 9.88 Å². The van der Waals surface area contributed by atoms with Crippen molar-refractivity contribution in [1.82, 2.24) is 14.9 Å². The number of carbonyl (C=O) groups excluding carboxylic acids is 1. The first-order chi connectivity index (χ1) is 9.25. The fourth-order valence-corrected chi connectivity index (χ4v) is 3.19. The highest BCUT2D eigenvalue weighted by Crippen LogP contribution is 2.21. The van der Waals surface area contributed by atoms with Crippen LogP contribution >= 0.6 is 11.3 Å². The Morgan fingerprint density at radius 1 is 1.47 bits per heavy atom. The SMILES string of the molecule is Cn1c(CNC(=O)c2cccs2)nc2c1CCCC2. The summed E-state index contributed by atoms with van der Waals surface area (Å²) in [5.74, 6) is 0.938. The van der Waals surface area contributed by atoms with Crippen LogP contribution in [-0.4, -0.2) is 15.5 Å². The summed E-state index contributed by atoms with van der Waals surface area (Å²) in [6.07, 6.45) is 4.65. The molecule has 4 nitrogen and oxygen atoms in total. The van der Waals surface area contributed by atoms with E-state index in [2.05, 4.69) is 14.9 Å². The van der Waals surface area contributed by atoms with Crippen molar-refractivity contribution in [3.63, 3.8) is 0 Å². The number of fused-ring (bicyclic) bond motifs is 1. The number of thiophene rings is 1. The van der Waals surface area contributed by atoms with Gasteiger partial charge in [0, 0.05) is 12.7 Å².